The summed E-state index contributed by atoms with van der Waals surface area (Å²) in [6, 6.07) is 7.07. The van der Waals surface area contributed by atoms with Gasteiger partial charge in [0.05, 0.1) is 17.4 Å². The fraction of sp³-hybridized carbons (Fsp3) is 0.529. The molecule has 5 heteroatoms. The van der Waals surface area contributed by atoms with Gasteiger partial charge in [0.2, 0.25) is 5.91 Å². The number of carbonyl (C=O) groups excluding carboxylic acids is 2. The summed E-state index contributed by atoms with van der Waals surface area (Å²) in [5, 5.41) is 12.4. The first-order chi connectivity index (χ1) is 10.5. The van der Waals surface area contributed by atoms with E-state index in [9.17, 15) is 14.7 Å². The average Bonchev–Trinajstić information content (AvgIpc) is 3.36. The van der Waals surface area contributed by atoms with E-state index in [0.29, 0.717) is 17.7 Å². The van der Waals surface area contributed by atoms with E-state index in [1.54, 1.807) is 30.1 Å². The highest BCUT2D eigenvalue weighted by Crippen LogP contribution is 2.33. The third-order valence-electron chi connectivity index (χ3n) is 3.89. The number of benzene rings is 1. The van der Waals surface area contributed by atoms with Crippen molar-refractivity contribution in [3.8, 4) is 0 Å². The Bertz CT molecular complexity index is 540. The summed E-state index contributed by atoms with van der Waals surface area (Å²) in [7, 11) is 1.71. The number of aliphatic hydroxyl groups is 1. The maximum Gasteiger partial charge on any atom is 0.253 e. The molecule has 0 saturated heterocycles. The zero-order valence-corrected chi connectivity index (χ0v) is 13.2. The number of hydrogen-bond acceptors (Lipinski definition) is 3. The van der Waals surface area contributed by atoms with Crippen LogP contribution in [-0.4, -0.2) is 36.6 Å². The number of anilines is 1. The van der Waals surface area contributed by atoms with Crippen LogP contribution in [0.2, 0.25) is 0 Å². The number of rotatable bonds is 7. The molecule has 0 aromatic heterocycles. The number of nitrogens with zero attached hydrogens (tertiary/aromatic N) is 1. The van der Waals surface area contributed by atoms with Crippen molar-refractivity contribution in [2.45, 2.75) is 38.7 Å². The molecule has 2 amide bonds. The van der Waals surface area contributed by atoms with Crippen molar-refractivity contribution in [1.29, 1.82) is 0 Å². The summed E-state index contributed by atoms with van der Waals surface area (Å²) in [5.74, 6) is -0.0973. The largest absolute Gasteiger partial charge is 0.391 e. The second-order valence-electron chi connectivity index (χ2n) is 5.84. The first kappa shape index (κ1) is 16.5. The SMILES string of the molecule is CCCC(O)CNC(=O)c1ccccc1N(C)C(=O)C1CC1. The lowest BCUT2D eigenvalue weighted by Gasteiger charge is -2.20. The van der Waals surface area contributed by atoms with Crippen LogP contribution >= 0.6 is 0 Å². The molecule has 1 saturated carbocycles. The molecular formula is C17H24N2O3. The number of para-hydroxylation sites is 1. The minimum absolute atomic E-state index is 0.0614. The zero-order valence-electron chi connectivity index (χ0n) is 13.2. The van der Waals surface area contributed by atoms with Gasteiger partial charge in [0, 0.05) is 19.5 Å². The second-order valence-corrected chi connectivity index (χ2v) is 5.84. The van der Waals surface area contributed by atoms with E-state index in [4.69, 9.17) is 0 Å². The van der Waals surface area contributed by atoms with Gasteiger partial charge in [-0.05, 0) is 31.4 Å². The van der Waals surface area contributed by atoms with Gasteiger partial charge in [0.15, 0.2) is 0 Å². The van der Waals surface area contributed by atoms with Crippen molar-refractivity contribution in [3.05, 3.63) is 29.8 Å². The normalized spacial score (nSPS) is 15.2. The molecule has 1 aromatic rings. The molecule has 1 fully saturated rings. The Morgan fingerprint density at radius 2 is 2.05 bits per heavy atom. The third-order valence-corrected chi connectivity index (χ3v) is 3.89. The molecular weight excluding hydrogens is 280 g/mol. The summed E-state index contributed by atoms with van der Waals surface area (Å²) in [6.07, 6.45) is 2.85. The fourth-order valence-corrected chi connectivity index (χ4v) is 2.42. The van der Waals surface area contributed by atoms with Crippen LogP contribution in [0.1, 0.15) is 43.0 Å². The first-order valence-corrected chi connectivity index (χ1v) is 7.87. The highest BCUT2D eigenvalue weighted by molar-refractivity contribution is 6.05. The highest BCUT2D eigenvalue weighted by Gasteiger charge is 2.33. The second kappa shape index (κ2) is 7.40. The minimum Gasteiger partial charge on any atom is -0.391 e. The van der Waals surface area contributed by atoms with Crippen LogP contribution in [-0.2, 0) is 4.79 Å². The Kier molecular flexibility index (Phi) is 5.55. The highest BCUT2D eigenvalue weighted by atomic mass is 16.3. The number of hydrogen-bond donors (Lipinski definition) is 2. The molecule has 120 valence electrons. The van der Waals surface area contributed by atoms with E-state index in [1.807, 2.05) is 13.0 Å². The Balaban J connectivity index is 2.06. The minimum atomic E-state index is -0.535. The maximum atomic E-state index is 12.3. The predicted octanol–water partition coefficient (Wildman–Crippen LogP) is 1.95. The molecule has 0 radical (unpaired) electrons. The fourth-order valence-electron chi connectivity index (χ4n) is 2.42. The van der Waals surface area contributed by atoms with Crippen LogP contribution in [0.3, 0.4) is 0 Å². The maximum absolute atomic E-state index is 12.3. The van der Waals surface area contributed by atoms with Gasteiger partial charge in [-0.1, -0.05) is 25.5 Å². The quantitative estimate of drug-likeness (QED) is 0.809. The van der Waals surface area contributed by atoms with Gasteiger partial charge in [0.1, 0.15) is 0 Å². The molecule has 0 aliphatic heterocycles. The van der Waals surface area contributed by atoms with Crippen LogP contribution in [0.15, 0.2) is 24.3 Å². The monoisotopic (exact) mass is 304 g/mol. The number of carbonyl (C=O) groups is 2. The van der Waals surface area contributed by atoms with Gasteiger partial charge < -0.3 is 15.3 Å². The summed E-state index contributed by atoms with van der Waals surface area (Å²) in [5.41, 5.74) is 1.07. The van der Waals surface area contributed by atoms with Crippen LogP contribution in [0.25, 0.3) is 0 Å². The molecule has 0 spiro atoms. The molecule has 0 heterocycles. The van der Waals surface area contributed by atoms with E-state index in [2.05, 4.69) is 5.32 Å². The van der Waals surface area contributed by atoms with E-state index >= 15 is 0 Å². The van der Waals surface area contributed by atoms with Gasteiger partial charge >= 0.3 is 0 Å². The van der Waals surface area contributed by atoms with Gasteiger partial charge in [-0.3, -0.25) is 9.59 Å². The topological polar surface area (TPSA) is 69.6 Å². The Hall–Kier alpha value is -1.88. The lowest BCUT2D eigenvalue weighted by atomic mass is 10.1. The van der Waals surface area contributed by atoms with E-state index < -0.39 is 6.10 Å². The van der Waals surface area contributed by atoms with Crippen LogP contribution in [0, 0.1) is 5.92 Å². The van der Waals surface area contributed by atoms with Crippen molar-refractivity contribution >= 4 is 17.5 Å². The number of aliphatic hydroxyl groups excluding tert-OH is 1. The molecule has 2 rings (SSSR count). The number of amides is 2. The summed E-state index contributed by atoms with van der Waals surface area (Å²) < 4.78 is 0. The molecule has 22 heavy (non-hydrogen) atoms. The van der Waals surface area contributed by atoms with Crippen molar-refractivity contribution in [1.82, 2.24) is 5.32 Å². The average molecular weight is 304 g/mol. The first-order valence-electron chi connectivity index (χ1n) is 7.87. The summed E-state index contributed by atoms with van der Waals surface area (Å²) in [4.78, 5) is 26.1. The van der Waals surface area contributed by atoms with Crippen LogP contribution in [0.5, 0.6) is 0 Å². The van der Waals surface area contributed by atoms with Crippen molar-refractivity contribution < 1.29 is 14.7 Å². The van der Waals surface area contributed by atoms with Crippen LogP contribution in [0.4, 0.5) is 5.69 Å². The molecule has 0 bridgehead atoms. The Labute approximate surface area is 131 Å². The van der Waals surface area contributed by atoms with E-state index in [-0.39, 0.29) is 24.3 Å². The zero-order chi connectivity index (χ0) is 16.1. The van der Waals surface area contributed by atoms with E-state index in [1.165, 1.54) is 0 Å². The van der Waals surface area contributed by atoms with Crippen molar-refractivity contribution in [2.75, 3.05) is 18.5 Å². The van der Waals surface area contributed by atoms with Gasteiger partial charge in [-0.25, -0.2) is 0 Å². The summed E-state index contributed by atoms with van der Waals surface area (Å²) >= 11 is 0. The van der Waals surface area contributed by atoms with E-state index in [0.717, 1.165) is 19.3 Å². The third kappa shape index (κ3) is 4.07. The van der Waals surface area contributed by atoms with Gasteiger partial charge in [0.25, 0.3) is 5.91 Å². The predicted molar refractivity (Wildman–Crippen MR) is 85.8 cm³/mol. The molecule has 2 N–H and O–H groups in total. The van der Waals surface area contributed by atoms with Gasteiger partial charge in [-0.2, -0.15) is 0 Å². The lowest BCUT2D eigenvalue weighted by Crippen LogP contribution is -2.34. The molecule has 1 unspecified atom stereocenters. The number of nitrogens with one attached hydrogen (secondary N) is 1. The summed E-state index contributed by atoms with van der Waals surface area (Å²) in [6.45, 7) is 2.21. The Morgan fingerprint density at radius 1 is 1.36 bits per heavy atom. The molecule has 1 atom stereocenters. The Morgan fingerprint density at radius 3 is 2.68 bits per heavy atom. The molecule has 5 nitrogen and oxygen atoms in total. The lowest BCUT2D eigenvalue weighted by molar-refractivity contribution is -0.119. The van der Waals surface area contributed by atoms with Gasteiger partial charge in [-0.15, -0.1) is 0 Å². The molecule has 1 aliphatic carbocycles. The van der Waals surface area contributed by atoms with Crippen LogP contribution < -0.4 is 10.2 Å². The smallest absolute Gasteiger partial charge is 0.253 e. The molecule has 1 aliphatic rings. The van der Waals surface area contributed by atoms with Crippen molar-refractivity contribution in [2.24, 2.45) is 5.92 Å². The van der Waals surface area contributed by atoms with Crippen molar-refractivity contribution in [3.63, 3.8) is 0 Å². The molecule has 1 aromatic carbocycles. The standard InChI is InChI=1S/C17H24N2O3/c1-3-6-13(20)11-18-16(21)14-7-4-5-8-15(14)19(2)17(22)12-9-10-12/h4-5,7-8,12-13,20H,3,6,9-11H2,1-2H3,(H,18,21).